The summed E-state index contributed by atoms with van der Waals surface area (Å²) in [5.74, 6) is -0.765. The fourth-order valence-electron chi connectivity index (χ4n) is 1.62. The van der Waals surface area contributed by atoms with Crippen LogP contribution in [0.2, 0.25) is 0 Å². The van der Waals surface area contributed by atoms with Gasteiger partial charge in [-0.25, -0.2) is 0 Å². The predicted molar refractivity (Wildman–Crippen MR) is 59.4 cm³/mol. The van der Waals surface area contributed by atoms with Crippen molar-refractivity contribution in [3.63, 3.8) is 0 Å². The van der Waals surface area contributed by atoms with E-state index in [2.05, 4.69) is 9.97 Å². The highest BCUT2D eigenvalue weighted by atomic mass is 16.6. The zero-order valence-electron chi connectivity index (χ0n) is 8.88. The summed E-state index contributed by atoms with van der Waals surface area (Å²) in [6.45, 7) is 1.56. The van der Waals surface area contributed by atoms with Crippen molar-refractivity contribution in [1.29, 1.82) is 0 Å². The van der Waals surface area contributed by atoms with Gasteiger partial charge in [0.1, 0.15) is 5.52 Å². The first-order chi connectivity index (χ1) is 8.02. The molecule has 0 saturated carbocycles. The summed E-state index contributed by atoms with van der Waals surface area (Å²) in [7, 11) is 0. The molecule has 0 aliphatic heterocycles. The summed E-state index contributed by atoms with van der Waals surface area (Å²) in [6, 6.07) is 1.13. The van der Waals surface area contributed by atoms with E-state index in [0.717, 1.165) is 6.07 Å². The molecule has 0 saturated heterocycles. The summed E-state index contributed by atoms with van der Waals surface area (Å²) in [5.41, 5.74) is 5.95. The second-order valence-electron chi connectivity index (χ2n) is 3.44. The van der Waals surface area contributed by atoms with E-state index in [9.17, 15) is 14.9 Å². The normalized spacial score (nSPS) is 10.4. The number of benzene rings is 1. The first-order valence-electron chi connectivity index (χ1n) is 4.71. The number of hydrogen-bond donors (Lipinski definition) is 1. The number of rotatable bonds is 2. The lowest BCUT2D eigenvalue weighted by Crippen LogP contribution is -2.13. The van der Waals surface area contributed by atoms with Gasteiger partial charge in [-0.3, -0.25) is 24.9 Å². The number of nitro groups is 1. The molecule has 17 heavy (non-hydrogen) atoms. The number of carbonyl (C=O) groups excluding carboxylic acids is 1. The largest absolute Gasteiger partial charge is 0.366 e. The highest BCUT2D eigenvalue weighted by Gasteiger charge is 2.20. The predicted octanol–water partition coefficient (Wildman–Crippen LogP) is 0.945. The van der Waals surface area contributed by atoms with Crippen LogP contribution in [0.5, 0.6) is 0 Å². The number of carbonyl (C=O) groups is 1. The molecule has 7 nitrogen and oxygen atoms in total. The zero-order chi connectivity index (χ0) is 12.6. The molecule has 1 aromatic carbocycles. The van der Waals surface area contributed by atoms with Crippen molar-refractivity contribution < 1.29 is 9.72 Å². The molecule has 2 N–H and O–H groups in total. The lowest BCUT2D eigenvalue weighted by molar-refractivity contribution is -0.385. The molecule has 0 unspecified atom stereocenters. The molecule has 2 aromatic rings. The van der Waals surface area contributed by atoms with E-state index in [4.69, 9.17) is 5.73 Å². The van der Waals surface area contributed by atoms with Crippen molar-refractivity contribution in [1.82, 2.24) is 9.97 Å². The average molecular weight is 232 g/mol. The van der Waals surface area contributed by atoms with Crippen molar-refractivity contribution in [3.05, 3.63) is 39.7 Å². The van der Waals surface area contributed by atoms with Gasteiger partial charge >= 0.3 is 0 Å². The maximum atomic E-state index is 11.2. The van der Waals surface area contributed by atoms with Crippen LogP contribution in [0.15, 0.2) is 18.5 Å². The Hall–Kier alpha value is -2.57. The number of nitrogens with two attached hydrogens (primary N) is 1. The standard InChI is InChI=1S/C10H8N4O3/c1-5-7(14(16)17)4-6(10(11)15)9-8(5)12-2-3-13-9/h2-4H,1H3,(H2,11,15). The summed E-state index contributed by atoms with van der Waals surface area (Å²) in [5, 5.41) is 10.8. The van der Waals surface area contributed by atoms with Crippen LogP contribution < -0.4 is 5.73 Å². The first kappa shape index (κ1) is 10.9. The monoisotopic (exact) mass is 232 g/mol. The molecule has 0 fully saturated rings. The van der Waals surface area contributed by atoms with E-state index in [1.54, 1.807) is 6.92 Å². The minimum absolute atomic E-state index is 0.00500. The maximum Gasteiger partial charge on any atom is 0.275 e. The molecule has 0 radical (unpaired) electrons. The average Bonchev–Trinajstić information content (AvgIpc) is 2.29. The van der Waals surface area contributed by atoms with Gasteiger partial charge in [-0.2, -0.15) is 0 Å². The van der Waals surface area contributed by atoms with Gasteiger partial charge in [-0.05, 0) is 6.92 Å². The smallest absolute Gasteiger partial charge is 0.275 e. The van der Waals surface area contributed by atoms with Crippen LogP contribution in [0.1, 0.15) is 15.9 Å². The Balaban J connectivity index is 2.94. The number of amides is 1. The number of aromatic nitrogens is 2. The molecule has 0 atom stereocenters. The van der Waals surface area contributed by atoms with E-state index in [0.29, 0.717) is 11.1 Å². The van der Waals surface area contributed by atoms with Gasteiger partial charge in [0.2, 0.25) is 0 Å². The molecule has 0 aliphatic rings. The van der Waals surface area contributed by atoms with Gasteiger partial charge in [0.25, 0.3) is 11.6 Å². The number of hydrogen-bond acceptors (Lipinski definition) is 5. The lowest BCUT2D eigenvalue weighted by Gasteiger charge is -2.05. The molecule has 1 heterocycles. The van der Waals surface area contributed by atoms with Gasteiger partial charge < -0.3 is 5.73 Å². The van der Waals surface area contributed by atoms with E-state index in [1.165, 1.54) is 12.4 Å². The summed E-state index contributed by atoms with van der Waals surface area (Å²) in [6.07, 6.45) is 2.81. The Morgan fingerprint density at radius 2 is 1.94 bits per heavy atom. The molecule has 2 rings (SSSR count). The minimum atomic E-state index is -0.765. The second kappa shape index (κ2) is 3.78. The minimum Gasteiger partial charge on any atom is -0.366 e. The molecule has 0 aliphatic carbocycles. The van der Waals surface area contributed by atoms with Crippen molar-refractivity contribution in [2.45, 2.75) is 6.92 Å². The first-order valence-corrected chi connectivity index (χ1v) is 4.71. The van der Waals surface area contributed by atoms with Gasteiger partial charge in [-0.15, -0.1) is 0 Å². The number of primary amides is 1. The van der Waals surface area contributed by atoms with Gasteiger partial charge in [0.15, 0.2) is 0 Å². The molecular formula is C10H8N4O3. The van der Waals surface area contributed by atoms with Crippen molar-refractivity contribution in [2.24, 2.45) is 5.73 Å². The van der Waals surface area contributed by atoms with Crippen molar-refractivity contribution in [2.75, 3.05) is 0 Å². The van der Waals surface area contributed by atoms with E-state index < -0.39 is 10.8 Å². The number of fused-ring (bicyclic) bond motifs is 1. The molecule has 7 heteroatoms. The van der Waals surface area contributed by atoms with Crippen molar-refractivity contribution >= 4 is 22.6 Å². The molecule has 86 valence electrons. The molecule has 0 spiro atoms. The molecule has 1 amide bonds. The van der Waals surface area contributed by atoms with Crippen LogP contribution in [0, 0.1) is 17.0 Å². The summed E-state index contributed by atoms with van der Waals surface area (Å²) < 4.78 is 0. The molecular weight excluding hydrogens is 224 g/mol. The Bertz CT molecular complexity index is 639. The molecule has 0 bridgehead atoms. The van der Waals surface area contributed by atoms with Crippen LogP contribution in [0.25, 0.3) is 11.0 Å². The van der Waals surface area contributed by atoms with E-state index >= 15 is 0 Å². The van der Waals surface area contributed by atoms with E-state index in [-0.39, 0.29) is 16.8 Å². The lowest BCUT2D eigenvalue weighted by atomic mass is 10.1. The van der Waals surface area contributed by atoms with Crippen molar-refractivity contribution in [3.8, 4) is 0 Å². The van der Waals surface area contributed by atoms with Crippen LogP contribution in [-0.2, 0) is 0 Å². The van der Waals surface area contributed by atoms with Gasteiger partial charge in [0.05, 0.1) is 21.6 Å². The van der Waals surface area contributed by atoms with Gasteiger partial charge in [-0.1, -0.05) is 0 Å². The molecule has 1 aromatic heterocycles. The Kier molecular flexibility index (Phi) is 2.43. The third-order valence-corrected chi connectivity index (χ3v) is 2.44. The number of nitro benzene ring substituents is 1. The van der Waals surface area contributed by atoms with Gasteiger partial charge in [0, 0.05) is 18.5 Å². The van der Waals surface area contributed by atoms with Crippen LogP contribution in [0.4, 0.5) is 5.69 Å². The quantitative estimate of drug-likeness (QED) is 0.611. The summed E-state index contributed by atoms with van der Waals surface area (Å²) >= 11 is 0. The Morgan fingerprint density at radius 3 is 2.47 bits per heavy atom. The SMILES string of the molecule is Cc1c([N+](=O)[O-])cc(C(N)=O)c2nccnc12. The Labute approximate surface area is 95.4 Å². The number of nitrogens with zero attached hydrogens (tertiary/aromatic N) is 3. The van der Waals surface area contributed by atoms with Crippen LogP contribution in [0.3, 0.4) is 0 Å². The second-order valence-corrected chi connectivity index (χ2v) is 3.44. The fourth-order valence-corrected chi connectivity index (χ4v) is 1.62. The highest BCUT2D eigenvalue weighted by Crippen LogP contribution is 2.27. The third-order valence-electron chi connectivity index (χ3n) is 2.44. The van der Waals surface area contributed by atoms with E-state index in [1.807, 2.05) is 0 Å². The Morgan fingerprint density at radius 1 is 1.35 bits per heavy atom. The van der Waals surface area contributed by atoms with Crippen LogP contribution in [-0.4, -0.2) is 20.8 Å². The topological polar surface area (TPSA) is 112 Å². The zero-order valence-corrected chi connectivity index (χ0v) is 8.88. The van der Waals surface area contributed by atoms with Crippen LogP contribution >= 0.6 is 0 Å². The highest BCUT2D eigenvalue weighted by molar-refractivity contribution is 6.05. The summed E-state index contributed by atoms with van der Waals surface area (Å²) in [4.78, 5) is 29.5. The fraction of sp³-hybridized carbons (Fsp3) is 0.100. The number of aryl methyl sites for hydroxylation is 1. The maximum absolute atomic E-state index is 11.2. The third kappa shape index (κ3) is 1.67.